The Bertz CT molecular complexity index is 950. The maximum atomic E-state index is 12.5. The van der Waals surface area contributed by atoms with Gasteiger partial charge in [-0.05, 0) is 43.7 Å². The van der Waals surface area contributed by atoms with Gasteiger partial charge in [0, 0.05) is 31.4 Å². The van der Waals surface area contributed by atoms with Gasteiger partial charge < -0.3 is 15.0 Å². The highest BCUT2D eigenvalue weighted by molar-refractivity contribution is 5.74. The summed E-state index contributed by atoms with van der Waals surface area (Å²) in [6, 6.07) is 17.6. The van der Waals surface area contributed by atoms with Crippen molar-refractivity contribution in [2.45, 2.75) is 26.9 Å². The smallest absolute Gasteiger partial charge is 0.317 e. The summed E-state index contributed by atoms with van der Waals surface area (Å²) in [6.45, 7) is 4.93. The number of aromatic nitrogens is 2. The maximum Gasteiger partial charge on any atom is 0.317 e. The zero-order valence-electron chi connectivity index (χ0n) is 16.8. The number of aryl methyl sites for hydroxylation is 1. The fraction of sp³-hybridized carbons (Fsp3) is 0.273. The van der Waals surface area contributed by atoms with Crippen LogP contribution in [0.15, 0.2) is 54.6 Å². The molecule has 0 atom stereocenters. The third kappa shape index (κ3) is 4.34. The van der Waals surface area contributed by atoms with Crippen LogP contribution in [0.4, 0.5) is 4.79 Å². The van der Waals surface area contributed by atoms with Crippen molar-refractivity contribution in [3.8, 4) is 11.4 Å². The van der Waals surface area contributed by atoms with Crippen molar-refractivity contribution in [2.75, 3.05) is 14.2 Å². The number of urea groups is 1. The molecule has 0 fully saturated rings. The van der Waals surface area contributed by atoms with Gasteiger partial charge in [-0.25, -0.2) is 9.48 Å². The minimum absolute atomic E-state index is 0.130. The standard InChI is InChI=1S/C22H26N4O2/c1-16-21(17(2)26(24-16)19-10-6-5-7-11-19)14-23-22(27)25(3)15-18-9-8-12-20(13-18)28-4/h5-13H,14-15H2,1-4H3,(H,23,27). The predicted molar refractivity (Wildman–Crippen MR) is 110 cm³/mol. The van der Waals surface area contributed by atoms with Crippen LogP contribution in [0.2, 0.25) is 0 Å². The number of para-hydroxylation sites is 1. The molecule has 3 aromatic rings. The molecule has 1 heterocycles. The van der Waals surface area contributed by atoms with Crippen molar-refractivity contribution in [1.29, 1.82) is 0 Å². The van der Waals surface area contributed by atoms with Gasteiger partial charge in [0.05, 0.1) is 18.5 Å². The van der Waals surface area contributed by atoms with Crippen LogP contribution in [0.3, 0.4) is 0 Å². The fourth-order valence-electron chi connectivity index (χ4n) is 3.17. The number of ether oxygens (including phenoxy) is 1. The van der Waals surface area contributed by atoms with E-state index < -0.39 is 0 Å². The molecular weight excluding hydrogens is 352 g/mol. The summed E-state index contributed by atoms with van der Waals surface area (Å²) in [7, 11) is 3.41. The van der Waals surface area contributed by atoms with Gasteiger partial charge in [-0.15, -0.1) is 0 Å². The highest BCUT2D eigenvalue weighted by atomic mass is 16.5. The largest absolute Gasteiger partial charge is 0.497 e. The Morgan fingerprint density at radius 3 is 2.61 bits per heavy atom. The van der Waals surface area contributed by atoms with Crippen LogP contribution in [0.1, 0.15) is 22.5 Å². The normalized spacial score (nSPS) is 10.6. The first-order valence-electron chi connectivity index (χ1n) is 9.22. The minimum Gasteiger partial charge on any atom is -0.497 e. The Morgan fingerprint density at radius 1 is 1.14 bits per heavy atom. The van der Waals surface area contributed by atoms with Gasteiger partial charge in [0.2, 0.25) is 0 Å². The number of amides is 2. The zero-order chi connectivity index (χ0) is 20.1. The molecule has 0 aliphatic carbocycles. The number of nitrogens with one attached hydrogen (secondary N) is 1. The van der Waals surface area contributed by atoms with E-state index in [9.17, 15) is 4.79 Å². The van der Waals surface area contributed by atoms with Gasteiger partial charge in [0.1, 0.15) is 5.75 Å². The average Bonchev–Trinajstić information content (AvgIpc) is 3.00. The van der Waals surface area contributed by atoms with Crippen LogP contribution in [0, 0.1) is 13.8 Å². The molecule has 3 rings (SSSR count). The van der Waals surface area contributed by atoms with E-state index >= 15 is 0 Å². The van der Waals surface area contributed by atoms with Gasteiger partial charge in [0.15, 0.2) is 0 Å². The monoisotopic (exact) mass is 378 g/mol. The van der Waals surface area contributed by atoms with E-state index in [-0.39, 0.29) is 6.03 Å². The minimum atomic E-state index is -0.130. The van der Waals surface area contributed by atoms with Crippen molar-refractivity contribution in [3.63, 3.8) is 0 Å². The van der Waals surface area contributed by atoms with Gasteiger partial charge in [-0.1, -0.05) is 30.3 Å². The highest BCUT2D eigenvalue weighted by Gasteiger charge is 2.15. The molecule has 1 aromatic heterocycles. The lowest BCUT2D eigenvalue weighted by atomic mass is 10.2. The lowest BCUT2D eigenvalue weighted by molar-refractivity contribution is 0.206. The number of nitrogens with zero attached hydrogens (tertiary/aromatic N) is 3. The van der Waals surface area contributed by atoms with Crippen molar-refractivity contribution >= 4 is 6.03 Å². The van der Waals surface area contributed by atoms with E-state index in [2.05, 4.69) is 10.4 Å². The summed E-state index contributed by atoms with van der Waals surface area (Å²) in [5, 5.41) is 7.62. The summed E-state index contributed by atoms with van der Waals surface area (Å²) >= 11 is 0. The molecule has 146 valence electrons. The first-order valence-corrected chi connectivity index (χ1v) is 9.22. The second-order valence-electron chi connectivity index (χ2n) is 6.76. The van der Waals surface area contributed by atoms with Gasteiger partial charge in [0.25, 0.3) is 0 Å². The molecule has 2 aromatic carbocycles. The molecule has 0 saturated heterocycles. The maximum absolute atomic E-state index is 12.5. The molecule has 0 aliphatic heterocycles. The van der Waals surface area contributed by atoms with Gasteiger partial charge >= 0.3 is 6.03 Å². The van der Waals surface area contributed by atoms with E-state index in [0.29, 0.717) is 13.1 Å². The van der Waals surface area contributed by atoms with Crippen LogP contribution >= 0.6 is 0 Å². The highest BCUT2D eigenvalue weighted by Crippen LogP contribution is 2.18. The average molecular weight is 378 g/mol. The van der Waals surface area contributed by atoms with E-state index in [0.717, 1.165) is 34.0 Å². The molecule has 0 unspecified atom stereocenters. The number of carbonyl (C=O) groups excluding carboxylic acids is 1. The summed E-state index contributed by atoms with van der Waals surface area (Å²) in [5.74, 6) is 0.783. The van der Waals surface area contributed by atoms with E-state index in [1.807, 2.05) is 73.1 Å². The third-order valence-corrected chi connectivity index (χ3v) is 4.76. The Labute approximate surface area is 165 Å². The second kappa shape index (κ2) is 8.61. The lowest BCUT2D eigenvalue weighted by Crippen LogP contribution is -2.36. The Morgan fingerprint density at radius 2 is 1.89 bits per heavy atom. The summed E-state index contributed by atoms with van der Waals surface area (Å²) in [4.78, 5) is 14.2. The number of benzene rings is 2. The molecule has 0 spiro atoms. The van der Waals surface area contributed by atoms with Crippen LogP contribution in [0.5, 0.6) is 5.75 Å². The fourth-order valence-corrected chi connectivity index (χ4v) is 3.17. The molecule has 28 heavy (non-hydrogen) atoms. The molecule has 0 saturated carbocycles. The first kappa shape index (κ1) is 19.5. The number of methoxy groups -OCH3 is 1. The number of carbonyl (C=O) groups is 1. The summed E-state index contributed by atoms with van der Waals surface area (Å²) in [5.41, 5.74) is 5.00. The Hall–Kier alpha value is -3.28. The molecule has 6 heteroatoms. The van der Waals surface area contributed by atoms with Crippen LogP contribution in [0.25, 0.3) is 5.69 Å². The van der Waals surface area contributed by atoms with E-state index in [1.165, 1.54) is 0 Å². The van der Waals surface area contributed by atoms with Gasteiger partial charge in [-0.3, -0.25) is 0 Å². The van der Waals surface area contributed by atoms with E-state index in [4.69, 9.17) is 4.74 Å². The number of hydrogen-bond donors (Lipinski definition) is 1. The molecule has 0 radical (unpaired) electrons. The molecule has 2 amide bonds. The SMILES string of the molecule is COc1cccc(CN(C)C(=O)NCc2c(C)nn(-c3ccccc3)c2C)c1. The molecule has 0 aliphatic rings. The predicted octanol–water partition coefficient (Wildman–Crippen LogP) is 3.84. The molecule has 1 N–H and O–H groups in total. The Kier molecular flexibility index (Phi) is 5.99. The summed E-state index contributed by atoms with van der Waals surface area (Å²) < 4.78 is 7.15. The lowest BCUT2D eigenvalue weighted by Gasteiger charge is -2.18. The quantitative estimate of drug-likeness (QED) is 0.709. The molecule has 6 nitrogen and oxygen atoms in total. The van der Waals surface area contributed by atoms with Gasteiger partial charge in [-0.2, -0.15) is 5.10 Å². The van der Waals surface area contributed by atoms with Crippen molar-refractivity contribution in [3.05, 3.63) is 77.1 Å². The number of hydrogen-bond acceptors (Lipinski definition) is 3. The number of rotatable bonds is 6. The molecule has 0 bridgehead atoms. The third-order valence-electron chi connectivity index (χ3n) is 4.76. The topological polar surface area (TPSA) is 59.4 Å². The summed E-state index contributed by atoms with van der Waals surface area (Å²) in [6.07, 6.45) is 0. The van der Waals surface area contributed by atoms with Crippen LogP contribution < -0.4 is 10.1 Å². The molecular formula is C22H26N4O2. The second-order valence-corrected chi connectivity index (χ2v) is 6.76. The van der Waals surface area contributed by atoms with Crippen LogP contribution in [-0.4, -0.2) is 34.9 Å². The van der Waals surface area contributed by atoms with Crippen molar-refractivity contribution in [1.82, 2.24) is 20.0 Å². The van der Waals surface area contributed by atoms with Crippen LogP contribution in [-0.2, 0) is 13.1 Å². The van der Waals surface area contributed by atoms with E-state index in [1.54, 1.807) is 19.1 Å². The van der Waals surface area contributed by atoms with Crippen molar-refractivity contribution < 1.29 is 9.53 Å². The zero-order valence-corrected chi connectivity index (χ0v) is 16.8. The Balaban J connectivity index is 1.65. The first-order chi connectivity index (χ1) is 13.5. The van der Waals surface area contributed by atoms with Crippen molar-refractivity contribution in [2.24, 2.45) is 0 Å².